The van der Waals surface area contributed by atoms with Gasteiger partial charge in [-0.3, -0.25) is 5.32 Å². The van der Waals surface area contributed by atoms with Crippen molar-refractivity contribution >= 4 is 11.8 Å². The van der Waals surface area contributed by atoms with Gasteiger partial charge in [0.1, 0.15) is 12.4 Å². The van der Waals surface area contributed by atoms with Crippen LogP contribution in [0.25, 0.3) is 0 Å². The summed E-state index contributed by atoms with van der Waals surface area (Å²) < 4.78 is 49.5. The molecule has 0 aliphatic carbocycles. The first-order valence-electron chi connectivity index (χ1n) is 7.46. The fraction of sp³-hybridized carbons (Fsp3) is 0.278. The molecule has 0 aromatic heterocycles. The molecule has 0 atom stereocenters. The molecule has 2 rings (SSSR count). The van der Waals surface area contributed by atoms with Gasteiger partial charge in [0.05, 0.1) is 18.4 Å². The standard InChI is InChI=1S/C18H18F3NO3/c1-11-7-8-16(14(9-11)18(19,20)21)25-10-13-12(2)5-4-6-15(13)22-17(23)24-3/h4-9H,10H2,1-3H3,(H,22,23). The average Bonchev–Trinajstić information content (AvgIpc) is 2.54. The topological polar surface area (TPSA) is 47.6 Å². The lowest BCUT2D eigenvalue weighted by atomic mass is 10.1. The summed E-state index contributed by atoms with van der Waals surface area (Å²) in [5, 5.41) is 2.53. The quantitative estimate of drug-likeness (QED) is 0.834. The molecule has 0 fully saturated rings. The fourth-order valence-electron chi connectivity index (χ4n) is 2.31. The highest BCUT2D eigenvalue weighted by molar-refractivity contribution is 5.85. The highest BCUT2D eigenvalue weighted by Crippen LogP contribution is 2.37. The molecule has 0 saturated heterocycles. The molecule has 1 N–H and O–H groups in total. The van der Waals surface area contributed by atoms with Crippen molar-refractivity contribution in [3.8, 4) is 5.75 Å². The first kappa shape index (κ1) is 18.6. The van der Waals surface area contributed by atoms with Crippen LogP contribution in [0, 0.1) is 13.8 Å². The number of aryl methyl sites for hydroxylation is 2. The molecule has 0 spiro atoms. The van der Waals surface area contributed by atoms with Crippen molar-refractivity contribution in [3.63, 3.8) is 0 Å². The Morgan fingerprint density at radius 2 is 1.88 bits per heavy atom. The van der Waals surface area contributed by atoms with E-state index in [2.05, 4.69) is 10.1 Å². The number of carbonyl (C=O) groups excluding carboxylic acids is 1. The van der Waals surface area contributed by atoms with E-state index in [0.717, 1.165) is 11.6 Å². The summed E-state index contributed by atoms with van der Waals surface area (Å²) in [5.41, 5.74) is 1.43. The number of methoxy groups -OCH3 is 1. The van der Waals surface area contributed by atoms with Crippen LogP contribution in [0.15, 0.2) is 36.4 Å². The molecule has 1 amide bonds. The number of hydrogen-bond donors (Lipinski definition) is 1. The van der Waals surface area contributed by atoms with Gasteiger partial charge in [0, 0.05) is 5.56 Å². The van der Waals surface area contributed by atoms with E-state index >= 15 is 0 Å². The second kappa shape index (κ2) is 7.46. The molecule has 4 nitrogen and oxygen atoms in total. The zero-order valence-corrected chi connectivity index (χ0v) is 14.0. The Labute approximate surface area is 143 Å². The van der Waals surface area contributed by atoms with E-state index < -0.39 is 17.8 Å². The van der Waals surface area contributed by atoms with Crippen LogP contribution < -0.4 is 10.1 Å². The first-order chi connectivity index (χ1) is 11.7. The van der Waals surface area contributed by atoms with Crippen molar-refractivity contribution in [2.45, 2.75) is 26.6 Å². The summed E-state index contributed by atoms with van der Waals surface area (Å²) in [5.74, 6) is -0.259. The third-order valence-electron chi connectivity index (χ3n) is 3.64. The Morgan fingerprint density at radius 3 is 2.52 bits per heavy atom. The zero-order valence-electron chi connectivity index (χ0n) is 14.0. The van der Waals surface area contributed by atoms with Crippen LogP contribution >= 0.6 is 0 Å². The van der Waals surface area contributed by atoms with E-state index in [9.17, 15) is 18.0 Å². The number of hydrogen-bond acceptors (Lipinski definition) is 3. The van der Waals surface area contributed by atoms with E-state index in [-0.39, 0.29) is 12.4 Å². The highest BCUT2D eigenvalue weighted by Gasteiger charge is 2.34. The number of ether oxygens (including phenoxy) is 2. The first-order valence-corrected chi connectivity index (χ1v) is 7.46. The summed E-state index contributed by atoms with van der Waals surface area (Å²) in [6, 6.07) is 9.02. The number of nitrogens with one attached hydrogen (secondary N) is 1. The lowest BCUT2D eigenvalue weighted by Crippen LogP contribution is -2.14. The smallest absolute Gasteiger partial charge is 0.419 e. The molecule has 0 saturated carbocycles. The number of alkyl halides is 3. The minimum Gasteiger partial charge on any atom is -0.488 e. The molecule has 0 radical (unpaired) electrons. The van der Waals surface area contributed by atoms with E-state index in [1.807, 2.05) is 0 Å². The molecular weight excluding hydrogens is 335 g/mol. The van der Waals surface area contributed by atoms with E-state index in [1.54, 1.807) is 38.1 Å². The largest absolute Gasteiger partial charge is 0.488 e. The number of rotatable bonds is 4. The van der Waals surface area contributed by atoms with Crippen molar-refractivity contribution in [3.05, 3.63) is 58.7 Å². The maximum absolute atomic E-state index is 13.2. The Morgan fingerprint density at radius 1 is 1.16 bits per heavy atom. The summed E-state index contributed by atoms with van der Waals surface area (Å²) in [7, 11) is 1.23. The maximum Gasteiger partial charge on any atom is 0.419 e. The van der Waals surface area contributed by atoms with Gasteiger partial charge in [-0.25, -0.2) is 4.79 Å². The number of carbonyl (C=O) groups is 1. The predicted molar refractivity (Wildman–Crippen MR) is 87.7 cm³/mol. The van der Waals surface area contributed by atoms with Gasteiger partial charge < -0.3 is 9.47 Å². The summed E-state index contributed by atoms with van der Waals surface area (Å²) in [6.07, 6.45) is -5.18. The lowest BCUT2D eigenvalue weighted by Gasteiger charge is -2.17. The molecule has 0 heterocycles. The molecule has 0 unspecified atom stereocenters. The number of amides is 1. The predicted octanol–water partition coefficient (Wildman–Crippen LogP) is 5.08. The van der Waals surface area contributed by atoms with Gasteiger partial charge in [0.25, 0.3) is 0 Å². The molecular formula is C18H18F3NO3. The van der Waals surface area contributed by atoms with Crippen LogP contribution in [0.2, 0.25) is 0 Å². The van der Waals surface area contributed by atoms with Crippen LogP contribution in [0.4, 0.5) is 23.7 Å². The van der Waals surface area contributed by atoms with Crippen molar-refractivity contribution in [2.75, 3.05) is 12.4 Å². The molecule has 0 aliphatic rings. The van der Waals surface area contributed by atoms with Gasteiger partial charge in [-0.2, -0.15) is 13.2 Å². The minimum absolute atomic E-state index is 0.127. The second-order valence-corrected chi connectivity index (χ2v) is 5.50. The molecule has 0 aliphatic heterocycles. The maximum atomic E-state index is 13.2. The number of benzene rings is 2. The van der Waals surface area contributed by atoms with Crippen molar-refractivity contribution in [2.24, 2.45) is 0 Å². The lowest BCUT2D eigenvalue weighted by molar-refractivity contribution is -0.139. The van der Waals surface area contributed by atoms with Gasteiger partial charge in [-0.1, -0.05) is 23.8 Å². The monoisotopic (exact) mass is 353 g/mol. The van der Waals surface area contributed by atoms with Crippen LogP contribution in [0.1, 0.15) is 22.3 Å². The Bertz CT molecular complexity index is 773. The van der Waals surface area contributed by atoms with Crippen LogP contribution in [-0.2, 0) is 17.5 Å². The number of halogens is 3. The van der Waals surface area contributed by atoms with E-state index in [4.69, 9.17) is 4.74 Å². The van der Waals surface area contributed by atoms with Gasteiger partial charge in [0.2, 0.25) is 0 Å². The SMILES string of the molecule is COC(=O)Nc1cccc(C)c1COc1ccc(C)cc1C(F)(F)F. The van der Waals surface area contributed by atoms with Crippen LogP contribution in [-0.4, -0.2) is 13.2 Å². The minimum atomic E-state index is -4.51. The van der Waals surface area contributed by atoms with Gasteiger partial charge in [-0.05, 0) is 37.6 Å². The molecule has 7 heteroatoms. The summed E-state index contributed by atoms with van der Waals surface area (Å²) >= 11 is 0. The third kappa shape index (κ3) is 4.65. The summed E-state index contributed by atoms with van der Waals surface area (Å²) in [6.45, 7) is 3.23. The second-order valence-electron chi connectivity index (χ2n) is 5.50. The Balaban J connectivity index is 2.29. The normalized spacial score (nSPS) is 11.1. The van der Waals surface area contributed by atoms with Crippen molar-refractivity contribution in [1.29, 1.82) is 0 Å². The molecule has 0 bridgehead atoms. The average molecular weight is 353 g/mol. The van der Waals surface area contributed by atoms with Gasteiger partial charge in [0.15, 0.2) is 0 Å². The molecule has 134 valence electrons. The Hall–Kier alpha value is -2.70. The van der Waals surface area contributed by atoms with Gasteiger partial charge in [-0.15, -0.1) is 0 Å². The van der Waals surface area contributed by atoms with Crippen LogP contribution in [0.5, 0.6) is 5.75 Å². The molecule has 25 heavy (non-hydrogen) atoms. The third-order valence-corrected chi connectivity index (χ3v) is 3.64. The number of anilines is 1. The zero-order chi connectivity index (χ0) is 18.6. The summed E-state index contributed by atoms with van der Waals surface area (Å²) in [4.78, 5) is 11.4. The Kier molecular flexibility index (Phi) is 5.56. The van der Waals surface area contributed by atoms with Gasteiger partial charge >= 0.3 is 12.3 Å². The van der Waals surface area contributed by atoms with Crippen molar-refractivity contribution in [1.82, 2.24) is 0 Å². The van der Waals surface area contributed by atoms with Crippen LogP contribution in [0.3, 0.4) is 0 Å². The van der Waals surface area contributed by atoms with Crippen molar-refractivity contribution < 1.29 is 27.4 Å². The van der Waals surface area contributed by atoms with E-state index in [0.29, 0.717) is 16.8 Å². The molecule has 2 aromatic rings. The fourth-order valence-corrected chi connectivity index (χ4v) is 2.31. The van der Waals surface area contributed by atoms with E-state index in [1.165, 1.54) is 13.2 Å². The molecule has 2 aromatic carbocycles. The highest BCUT2D eigenvalue weighted by atomic mass is 19.4.